The molecule has 0 radical (unpaired) electrons. The predicted octanol–water partition coefficient (Wildman–Crippen LogP) is 4.20. The molecule has 0 aromatic rings. The number of hydrogen-bond donors (Lipinski definition) is 1. The smallest absolute Gasteiger partial charge is 0.00967 e. The fourth-order valence-electron chi connectivity index (χ4n) is 3.99. The highest BCUT2D eigenvalue weighted by Gasteiger charge is 2.27. The van der Waals surface area contributed by atoms with Gasteiger partial charge in [-0.15, -0.1) is 0 Å². The third-order valence-electron chi connectivity index (χ3n) is 5.38. The van der Waals surface area contributed by atoms with E-state index in [1.54, 1.807) is 0 Å². The Bertz CT molecular complexity index is 228. The Morgan fingerprint density at radius 2 is 1.60 bits per heavy atom. The normalized spacial score (nSPS) is 25.4. The van der Waals surface area contributed by atoms with Crippen LogP contribution in [-0.4, -0.2) is 37.1 Å². The maximum absolute atomic E-state index is 3.70. The lowest BCUT2D eigenvalue weighted by Crippen LogP contribution is -2.41. The molecular weight excluding hydrogens is 244 g/mol. The molecule has 2 heteroatoms. The first-order valence-corrected chi connectivity index (χ1v) is 9.36. The minimum atomic E-state index is 0.857. The van der Waals surface area contributed by atoms with E-state index >= 15 is 0 Å². The summed E-state index contributed by atoms with van der Waals surface area (Å²) in [6, 6.07) is 0.857. The molecule has 2 rings (SSSR count). The standard InChI is InChI=1S/C18H36N2/c1-2-3-4-5-6-7-8-14-20-15-11-17(12-16-20)18-10-9-13-19-18/h17-19H,2-16H2,1H3. The van der Waals surface area contributed by atoms with Crippen molar-refractivity contribution in [1.82, 2.24) is 10.2 Å². The Morgan fingerprint density at radius 3 is 2.25 bits per heavy atom. The fourth-order valence-corrected chi connectivity index (χ4v) is 3.99. The zero-order chi connectivity index (χ0) is 14.0. The van der Waals surface area contributed by atoms with Crippen LogP contribution < -0.4 is 5.32 Å². The van der Waals surface area contributed by atoms with Crippen LogP contribution in [0.4, 0.5) is 0 Å². The van der Waals surface area contributed by atoms with Gasteiger partial charge < -0.3 is 10.2 Å². The average molecular weight is 281 g/mol. The van der Waals surface area contributed by atoms with E-state index in [0.717, 1.165) is 12.0 Å². The van der Waals surface area contributed by atoms with Crippen LogP contribution in [0.15, 0.2) is 0 Å². The Balaban J connectivity index is 1.45. The molecule has 2 fully saturated rings. The molecule has 0 aliphatic carbocycles. The molecule has 0 saturated carbocycles. The van der Waals surface area contributed by atoms with E-state index < -0.39 is 0 Å². The molecule has 2 saturated heterocycles. The van der Waals surface area contributed by atoms with Crippen LogP contribution in [0.1, 0.15) is 77.6 Å². The quantitative estimate of drug-likeness (QED) is 0.637. The van der Waals surface area contributed by atoms with Crippen LogP contribution in [0.2, 0.25) is 0 Å². The molecule has 0 aromatic carbocycles. The molecule has 1 N–H and O–H groups in total. The molecule has 0 bridgehead atoms. The van der Waals surface area contributed by atoms with Gasteiger partial charge in [0.05, 0.1) is 0 Å². The zero-order valence-corrected chi connectivity index (χ0v) is 13.7. The molecule has 2 heterocycles. The van der Waals surface area contributed by atoms with Gasteiger partial charge in [-0.2, -0.15) is 0 Å². The highest BCUT2D eigenvalue weighted by Crippen LogP contribution is 2.25. The predicted molar refractivity (Wildman–Crippen MR) is 88.2 cm³/mol. The molecule has 118 valence electrons. The Hall–Kier alpha value is -0.0800. The van der Waals surface area contributed by atoms with E-state index in [9.17, 15) is 0 Å². The average Bonchev–Trinajstić information content (AvgIpc) is 3.01. The van der Waals surface area contributed by atoms with Crippen molar-refractivity contribution in [2.24, 2.45) is 5.92 Å². The fraction of sp³-hybridized carbons (Fsp3) is 1.00. The van der Waals surface area contributed by atoms with Crippen molar-refractivity contribution in [3.05, 3.63) is 0 Å². The maximum atomic E-state index is 3.70. The van der Waals surface area contributed by atoms with Gasteiger partial charge in [0.15, 0.2) is 0 Å². The van der Waals surface area contributed by atoms with Crippen molar-refractivity contribution in [3.8, 4) is 0 Å². The number of rotatable bonds is 9. The highest BCUT2D eigenvalue weighted by molar-refractivity contribution is 4.85. The van der Waals surface area contributed by atoms with E-state index in [1.165, 1.54) is 96.8 Å². The minimum absolute atomic E-state index is 0.857. The Labute approximate surface area is 126 Å². The van der Waals surface area contributed by atoms with Crippen LogP contribution in [0.5, 0.6) is 0 Å². The molecule has 2 aliphatic rings. The second kappa shape index (κ2) is 9.78. The van der Waals surface area contributed by atoms with Crippen LogP contribution in [0.25, 0.3) is 0 Å². The molecule has 0 spiro atoms. The molecule has 20 heavy (non-hydrogen) atoms. The SMILES string of the molecule is CCCCCCCCCN1CCC(C2CCCN2)CC1. The van der Waals surface area contributed by atoms with Crippen molar-refractivity contribution < 1.29 is 0 Å². The van der Waals surface area contributed by atoms with Gasteiger partial charge >= 0.3 is 0 Å². The van der Waals surface area contributed by atoms with Gasteiger partial charge in [0.25, 0.3) is 0 Å². The summed E-state index contributed by atoms with van der Waals surface area (Å²) >= 11 is 0. The van der Waals surface area contributed by atoms with Crippen molar-refractivity contribution in [1.29, 1.82) is 0 Å². The number of nitrogens with zero attached hydrogens (tertiary/aromatic N) is 1. The van der Waals surface area contributed by atoms with Gasteiger partial charge in [0, 0.05) is 6.04 Å². The van der Waals surface area contributed by atoms with Crippen molar-refractivity contribution >= 4 is 0 Å². The number of hydrogen-bond acceptors (Lipinski definition) is 2. The summed E-state index contributed by atoms with van der Waals surface area (Å²) in [5, 5.41) is 3.70. The number of likely N-dealkylation sites (tertiary alicyclic amines) is 1. The summed E-state index contributed by atoms with van der Waals surface area (Å²) in [7, 11) is 0. The Morgan fingerprint density at radius 1 is 0.900 bits per heavy atom. The summed E-state index contributed by atoms with van der Waals surface area (Å²) in [5.74, 6) is 0.975. The summed E-state index contributed by atoms with van der Waals surface area (Å²) in [6.45, 7) is 7.64. The van der Waals surface area contributed by atoms with Crippen molar-refractivity contribution in [2.75, 3.05) is 26.2 Å². The summed E-state index contributed by atoms with van der Waals surface area (Å²) in [5.41, 5.74) is 0. The first kappa shape index (κ1) is 16.3. The van der Waals surface area contributed by atoms with Crippen LogP contribution in [0, 0.1) is 5.92 Å². The van der Waals surface area contributed by atoms with E-state index in [4.69, 9.17) is 0 Å². The second-order valence-corrected chi connectivity index (χ2v) is 7.00. The lowest BCUT2D eigenvalue weighted by molar-refractivity contribution is 0.161. The van der Waals surface area contributed by atoms with Crippen LogP contribution in [0.3, 0.4) is 0 Å². The third-order valence-corrected chi connectivity index (χ3v) is 5.38. The lowest BCUT2D eigenvalue weighted by Gasteiger charge is -2.34. The lowest BCUT2D eigenvalue weighted by atomic mass is 9.88. The van der Waals surface area contributed by atoms with Gasteiger partial charge in [-0.3, -0.25) is 0 Å². The molecule has 2 aliphatic heterocycles. The van der Waals surface area contributed by atoms with Gasteiger partial charge in [-0.1, -0.05) is 45.4 Å². The third kappa shape index (κ3) is 5.73. The highest BCUT2D eigenvalue weighted by atomic mass is 15.1. The van der Waals surface area contributed by atoms with Crippen molar-refractivity contribution in [2.45, 2.75) is 83.6 Å². The molecule has 1 atom stereocenters. The first-order chi connectivity index (χ1) is 9.90. The van der Waals surface area contributed by atoms with Crippen LogP contribution in [-0.2, 0) is 0 Å². The molecular formula is C18H36N2. The molecule has 0 aromatic heterocycles. The van der Waals surface area contributed by atoms with Gasteiger partial charge in [0.2, 0.25) is 0 Å². The Kier molecular flexibility index (Phi) is 7.97. The minimum Gasteiger partial charge on any atom is -0.314 e. The monoisotopic (exact) mass is 280 g/mol. The van der Waals surface area contributed by atoms with Crippen molar-refractivity contribution in [3.63, 3.8) is 0 Å². The molecule has 2 nitrogen and oxygen atoms in total. The van der Waals surface area contributed by atoms with E-state index in [2.05, 4.69) is 17.1 Å². The number of piperidine rings is 1. The maximum Gasteiger partial charge on any atom is 0.00967 e. The van der Waals surface area contributed by atoms with E-state index in [1.807, 2.05) is 0 Å². The topological polar surface area (TPSA) is 15.3 Å². The van der Waals surface area contributed by atoms with E-state index in [0.29, 0.717) is 0 Å². The van der Waals surface area contributed by atoms with Gasteiger partial charge in [-0.05, 0) is 64.2 Å². The second-order valence-electron chi connectivity index (χ2n) is 7.00. The largest absolute Gasteiger partial charge is 0.314 e. The van der Waals surface area contributed by atoms with Gasteiger partial charge in [0.1, 0.15) is 0 Å². The van der Waals surface area contributed by atoms with Crippen LogP contribution >= 0.6 is 0 Å². The summed E-state index contributed by atoms with van der Waals surface area (Å²) in [6.07, 6.45) is 15.8. The molecule has 1 unspecified atom stereocenters. The van der Waals surface area contributed by atoms with Gasteiger partial charge in [-0.25, -0.2) is 0 Å². The molecule has 0 amide bonds. The number of nitrogens with one attached hydrogen (secondary N) is 1. The zero-order valence-electron chi connectivity index (χ0n) is 13.7. The first-order valence-electron chi connectivity index (χ1n) is 9.36. The summed E-state index contributed by atoms with van der Waals surface area (Å²) in [4.78, 5) is 2.72. The summed E-state index contributed by atoms with van der Waals surface area (Å²) < 4.78 is 0. The number of unbranched alkanes of at least 4 members (excludes halogenated alkanes) is 6. The van der Waals surface area contributed by atoms with E-state index in [-0.39, 0.29) is 0 Å².